The summed E-state index contributed by atoms with van der Waals surface area (Å²) in [5, 5.41) is 10.4. The molecule has 0 saturated carbocycles. The second-order valence-corrected chi connectivity index (χ2v) is 7.75. The minimum atomic E-state index is -2.97. The number of phenols is 1. The molecule has 0 aliphatic carbocycles. The number of hydrogen-bond acceptors (Lipinski definition) is 5. The molecule has 0 unspecified atom stereocenters. The molecule has 7 heteroatoms. The fourth-order valence-electron chi connectivity index (χ4n) is 3.84. The van der Waals surface area contributed by atoms with Crippen LogP contribution in [0.25, 0.3) is 6.08 Å². The van der Waals surface area contributed by atoms with E-state index in [2.05, 4.69) is 16.6 Å². The Labute approximate surface area is 173 Å². The molecule has 30 heavy (non-hydrogen) atoms. The zero-order chi connectivity index (χ0) is 21.3. The molecule has 0 bridgehead atoms. The SMILES string of the molecule is CC1CCN(Cc2c(O)ccc3c2O/C(=C\c2ccccc2OC(F)F)C3=O)CC1. The highest BCUT2D eigenvalue weighted by Crippen LogP contribution is 2.41. The maximum Gasteiger partial charge on any atom is 0.387 e. The average Bonchev–Trinajstić information content (AvgIpc) is 3.02. The van der Waals surface area contributed by atoms with Gasteiger partial charge in [0.05, 0.1) is 11.1 Å². The second kappa shape index (κ2) is 8.44. The summed E-state index contributed by atoms with van der Waals surface area (Å²) in [6, 6.07) is 9.22. The number of fused-ring (bicyclic) bond motifs is 1. The minimum Gasteiger partial charge on any atom is -0.507 e. The molecule has 2 aromatic carbocycles. The number of ether oxygens (including phenoxy) is 2. The minimum absolute atomic E-state index is 0.00873. The largest absolute Gasteiger partial charge is 0.507 e. The molecule has 2 aliphatic heterocycles. The number of carbonyl (C=O) groups is 1. The summed E-state index contributed by atoms with van der Waals surface area (Å²) in [6.45, 7) is 1.56. The van der Waals surface area contributed by atoms with Crippen LogP contribution in [-0.2, 0) is 6.54 Å². The van der Waals surface area contributed by atoms with E-state index in [0.29, 0.717) is 34.9 Å². The van der Waals surface area contributed by atoms with Gasteiger partial charge in [-0.15, -0.1) is 0 Å². The number of aromatic hydroxyl groups is 1. The number of nitrogens with zero attached hydrogens (tertiary/aromatic N) is 1. The van der Waals surface area contributed by atoms with Crippen molar-refractivity contribution >= 4 is 11.9 Å². The van der Waals surface area contributed by atoms with Gasteiger partial charge in [-0.3, -0.25) is 9.69 Å². The third-order valence-electron chi connectivity index (χ3n) is 5.60. The van der Waals surface area contributed by atoms with Crippen molar-refractivity contribution in [3.8, 4) is 17.2 Å². The van der Waals surface area contributed by atoms with Crippen LogP contribution >= 0.6 is 0 Å². The molecule has 1 fully saturated rings. The lowest BCUT2D eigenvalue weighted by Gasteiger charge is -2.30. The molecule has 0 atom stereocenters. The lowest BCUT2D eigenvalue weighted by atomic mass is 9.98. The number of allylic oxidation sites excluding steroid dienone is 1. The summed E-state index contributed by atoms with van der Waals surface area (Å²) < 4.78 is 35.7. The fraction of sp³-hybridized carbons (Fsp3) is 0.348. The Morgan fingerprint density at radius 3 is 2.70 bits per heavy atom. The number of piperidine rings is 1. The monoisotopic (exact) mass is 415 g/mol. The number of benzene rings is 2. The quantitative estimate of drug-likeness (QED) is 0.708. The molecule has 2 aromatic rings. The Hall–Kier alpha value is -2.93. The molecule has 5 nitrogen and oxygen atoms in total. The van der Waals surface area contributed by atoms with E-state index in [-0.39, 0.29) is 23.0 Å². The highest BCUT2D eigenvalue weighted by atomic mass is 19.3. The number of para-hydroxylation sites is 1. The van der Waals surface area contributed by atoms with E-state index in [1.54, 1.807) is 18.2 Å². The number of Topliss-reactive ketones (excluding diaryl/α,β-unsaturated/α-hetero) is 1. The number of likely N-dealkylation sites (tertiary alicyclic amines) is 1. The molecule has 2 heterocycles. The number of halogens is 2. The Kier molecular flexibility index (Phi) is 5.72. The van der Waals surface area contributed by atoms with E-state index in [1.165, 1.54) is 24.3 Å². The Morgan fingerprint density at radius 2 is 1.97 bits per heavy atom. The number of rotatable bonds is 5. The topological polar surface area (TPSA) is 59.0 Å². The average molecular weight is 415 g/mol. The second-order valence-electron chi connectivity index (χ2n) is 7.75. The molecule has 4 rings (SSSR count). The fourth-order valence-corrected chi connectivity index (χ4v) is 3.84. The predicted molar refractivity (Wildman–Crippen MR) is 108 cm³/mol. The van der Waals surface area contributed by atoms with Crippen molar-refractivity contribution in [2.24, 2.45) is 5.92 Å². The number of ketones is 1. The van der Waals surface area contributed by atoms with Gasteiger partial charge >= 0.3 is 6.61 Å². The van der Waals surface area contributed by atoms with Gasteiger partial charge < -0.3 is 14.6 Å². The lowest BCUT2D eigenvalue weighted by molar-refractivity contribution is -0.0499. The molecular weight excluding hydrogens is 392 g/mol. The molecule has 0 amide bonds. The highest BCUT2D eigenvalue weighted by Gasteiger charge is 2.32. The third kappa shape index (κ3) is 4.16. The Balaban J connectivity index is 1.63. The Bertz CT molecular complexity index is 981. The van der Waals surface area contributed by atoms with Crippen LogP contribution in [0.15, 0.2) is 42.2 Å². The normalized spacial score (nSPS) is 18.7. The summed E-state index contributed by atoms with van der Waals surface area (Å²) in [5.74, 6) is 0.692. The van der Waals surface area contributed by atoms with Gasteiger partial charge in [0.15, 0.2) is 5.76 Å². The number of carbonyl (C=O) groups excluding carboxylic acids is 1. The van der Waals surface area contributed by atoms with Gasteiger partial charge in [-0.2, -0.15) is 8.78 Å². The third-order valence-corrected chi connectivity index (χ3v) is 5.60. The molecule has 0 aromatic heterocycles. The first-order valence-electron chi connectivity index (χ1n) is 9.97. The standard InChI is InChI=1S/C23H23F2NO4/c1-14-8-10-26(11-9-14)13-17-18(27)7-6-16-21(28)20(29-22(16)17)12-15-4-2-3-5-19(15)30-23(24)25/h2-7,12,14,23,27H,8-11,13H2,1H3/b20-12-. The van der Waals surface area contributed by atoms with E-state index in [0.717, 1.165) is 25.9 Å². The van der Waals surface area contributed by atoms with Crippen LogP contribution < -0.4 is 9.47 Å². The summed E-state index contributed by atoms with van der Waals surface area (Å²) >= 11 is 0. The predicted octanol–water partition coefficient (Wildman–Crippen LogP) is 4.84. The smallest absolute Gasteiger partial charge is 0.387 e. The maximum atomic E-state index is 12.9. The van der Waals surface area contributed by atoms with Crippen LogP contribution in [0.5, 0.6) is 17.2 Å². The molecule has 2 aliphatic rings. The van der Waals surface area contributed by atoms with Crippen LogP contribution in [-0.4, -0.2) is 35.5 Å². The van der Waals surface area contributed by atoms with Crippen molar-refractivity contribution < 1.29 is 28.2 Å². The van der Waals surface area contributed by atoms with Crippen molar-refractivity contribution in [1.29, 1.82) is 0 Å². The molecule has 158 valence electrons. The van der Waals surface area contributed by atoms with Crippen molar-refractivity contribution in [3.63, 3.8) is 0 Å². The highest BCUT2D eigenvalue weighted by molar-refractivity contribution is 6.15. The van der Waals surface area contributed by atoms with Crippen molar-refractivity contribution in [3.05, 3.63) is 58.8 Å². The first-order valence-corrected chi connectivity index (χ1v) is 9.97. The Morgan fingerprint density at radius 1 is 1.23 bits per heavy atom. The molecular formula is C23H23F2NO4. The van der Waals surface area contributed by atoms with Gasteiger partial charge in [-0.05, 0) is 56.1 Å². The summed E-state index contributed by atoms with van der Waals surface area (Å²) in [6.07, 6.45) is 3.56. The van der Waals surface area contributed by atoms with E-state index < -0.39 is 6.61 Å². The van der Waals surface area contributed by atoms with Crippen LogP contribution in [0.3, 0.4) is 0 Å². The van der Waals surface area contributed by atoms with Crippen molar-refractivity contribution in [1.82, 2.24) is 4.90 Å². The van der Waals surface area contributed by atoms with Gasteiger partial charge in [-0.25, -0.2) is 0 Å². The van der Waals surface area contributed by atoms with Crippen molar-refractivity contribution in [2.45, 2.75) is 32.9 Å². The number of phenolic OH excluding ortho intramolecular Hbond substituents is 1. The van der Waals surface area contributed by atoms with E-state index >= 15 is 0 Å². The summed E-state index contributed by atoms with van der Waals surface area (Å²) in [4.78, 5) is 15.1. The zero-order valence-corrected chi connectivity index (χ0v) is 16.6. The lowest BCUT2D eigenvalue weighted by Crippen LogP contribution is -2.32. The van der Waals surface area contributed by atoms with Gasteiger partial charge in [0.25, 0.3) is 0 Å². The van der Waals surface area contributed by atoms with Gasteiger partial charge in [0.2, 0.25) is 5.78 Å². The van der Waals surface area contributed by atoms with Crippen LogP contribution in [0, 0.1) is 5.92 Å². The maximum absolute atomic E-state index is 12.9. The molecule has 0 spiro atoms. The van der Waals surface area contributed by atoms with E-state index in [9.17, 15) is 18.7 Å². The summed E-state index contributed by atoms with van der Waals surface area (Å²) in [7, 11) is 0. The van der Waals surface area contributed by atoms with Crippen LogP contribution in [0.4, 0.5) is 8.78 Å². The molecule has 0 radical (unpaired) electrons. The first kappa shape index (κ1) is 20.3. The van der Waals surface area contributed by atoms with Gasteiger partial charge in [0, 0.05) is 12.1 Å². The molecule has 1 N–H and O–H groups in total. The van der Waals surface area contributed by atoms with E-state index in [4.69, 9.17) is 4.74 Å². The zero-order valence-electron chi connectivity index (χ0n) is 16.6. The van der Waals surface area contributed by atoms with Crippen LogP contribution in [0.1, 0.15) is 41.3 Å². The number of alkyl halides is 2. The van der Waals surface area contributed by atoms with Gasteiger partial charge in [0.1, 0.15) is 17.2 Å². The van der Waals surface area contributed by atoms with Crippen LogP contribution in [0.2, 0.25) is 0 Å². The molecule has 1 saturated heterocycles. The van der Waals surface area contributed by atoms with E-state index in [1.807, 2.05) is 0 Å². The van der Waals surface area contributed by atoms with Gasteiger partial charge in [-0.1, -0.05) is 25.1 Å². The number of hydrogen-bond donors (Lipinski definition) is 1. The van der Waals surface area contributed by atoms with Crippen molar-refractivity contribution in [2.75, 3.05) is 13.1 Å². The summed E-state index contributed by atoms with van der Waals surface area (Å²) in [5.41, 5.74) is 1.23. The first-order chi connectivity index (χ1) is 14.4.